The molecule has 0 aliphatic heterocycles. The normalized spacial score (nSPS) is 11.8. The summed E-state index contributed by atoms with van der Waals surface area (Å²) in [6.45, 7) is 4.23. The Balaban J connectivity index is 2.22. The fraction of sp³-hybridized carbons (Fsp3) is 0.333. The molecule has 1 N–H and O–H groups in total. The molecular formula is C15H18FN3O2. The lowest BCUT2D eigenvalue weighted by Crippen LogP contribution is -2.11. The van der Waals surface area contributed by atoms with Crippen LogP contribution in [0.2, 0.25) is 0 Å². The Morgan fingerprint density at radius 3 is 2.86 bits per heavy atom. The van der Waals surface area contributed by atoms with Gasteiger partial charge in [0.05, 0.1) is 25.3 Å². The molecule has 0 spiro atoms. The number of anilines is 1. The molecule has 0 saturated heterocycles. The molecule has 1 heterocycles. The Kier molecular flexibility index (Phi) is 4.92. The first-order valence-corrected chi connectivity index (χ1v) is 6.69. The second-order valence-corrected chi connectivity index (χ2v) is 4.40. The molecule has 0 aliphatic carbocycles. The number of nitrogens with zero attached hydrogens (tertiary/aromatic N) is 2. The summed E-state index contributed by atoms with van der Waals surface area (Å²) in [7, 11) is 1.52. The molecule has 1 unspecified atom stereocenters. The summed E-state index contributed by atoms with van der Waals surface area (Å²) in [5.41, 5.74) is 0.455. The van der Waals surface area contributed by atoms with Crippen molar-refractivity contribution in [2.45, 2.75) is 19.9 Å². The van der Waals surface area contributed by atoms with Crippen molar-refractivity contribution in [1.29, 1.82) is 0 Å². The van der Waals surface area contributed by atoms with Crippen LogP contribution in [-0.4, -0.2) is 23.7 Å². The number of hydrogen-bond acceptors (Lipinski definition) is 5. The van der Waals surface area contributed by atoms with Crippen LogP contribution >= 0.6 is 0 Å². The number of nitrogens with one attached hydrogen (secondary N) is 1. The Labute approximate surface area is 123 Å². The van der Waals surface area contributed by atoms with Gasteiger partial charge in [0, 0.05) is 6.07 Å². The molecule has 5 nitrogen and oxygen atoms in total. The summed E-state index contributed by atoms with van der Waals surface area (Å²) in [4.78, 5) is 8.10. The molecule has 0 saturated carbocycles. The SMILES string of the molecule is CCOc1cc(NC(C)c2c(F)cccc2OC)ncn1. The van der Waals surface area contributed by atoms with Gasteiger partial charge in [0.2, 0.25) is 5.88 Å². The third kappa shape index (κ3) is 3.59. The lowest BCUT2D eigenvalue weighted by atomic mass is 10.1. The van der Waals surface area contributed by atoms with Crippen molar-refractivity contribution < 1.29 is 13.9 Å². The maximum Gasteiger partial charge on any atom is 0.218 e. The van der Waals surface area contributed by atoms with E-state index in [1.165, 1.54) is 19.5 Å². The van der Waals surface area contributed by atoms with E-state index in [1.807, 2.05) is 13.8 Å². The second-order valence-electron chi connectivity index (χ2n) is 4.40. The lowest BCUT2D eigenvalue weighted by Gasteiger charge is -2.18. The van der Waals surface area contributed by atoms with Crippen LogP contribution in [0.15, 0.2) is 30.6 Å². The maximum atomic E-state index is 14.0. The van der Waals surface area contributed by atoms with Crippen LogP contribution in [0, 0.1) is 5.82 Å². The van der Waals surface area contributed by atoms with Crippen LogP contribution in [0.5, 0.6) is 11.6 Å². The van der Waals surface area contributed by atoms with Gasteiger partial charge in [0.15, 0.2) is 0 Å². The van der Waals surface area contributed by atoms with Crippen molar-refractivity contribution in [1.82, 2.24) is 9.97 Å². The summed E-state index contributed by atoms with van der Waals surface area (Å²) in [6.07, 6.45) is 1.40. The van der Waals surface area contributed by atoms with E-state index < -0.39 is 0 Å². The third-order valence-electron chi connectivity index (χ3n) is 2.96. The van der Waals surface area contributed by atoms with Crippen molar-refractivity contribution in [3.05, 3.63) is 42.0 Å². The van der Waals surface area contributed by atoms with Gasteiger partial charge in [-0.25, -0.2) is 14.4 Å². The van der Waals surface area contributed by atoms with Gasteiger partial charge in [-0.3, -0.25) is 0 Å². The predicted molar refractivity (Wildman–Crippen MR) is 78.2 cm³/mol. The smallest absolute Gasteiger partial charge is 0.218 e. The van der Waals surface area contributed by atoms with Gasteiger partial charge in [-0.1, -0.05) is 6.07 Å². The summed E-state index contributed by atoms with van der Waals surface area (Å²) in [5, 5.41) is 3.12. The molecule has 0 aliphatic rings. The second kappa shape index (κ2) is 6.88. The summed E-state index contributed by atoms with van der Waals surface area (Å²) in [6, 6.07) is 6.10. The van der Waals surface area contributed by atoms with Gasteiger partial charge in [0.1, 0.15) is 23.7 Å². The number of aromatic nitrogens is 2. The summed E-state index contributed by atoms with van der Waals surface area (Å²) < 4.78 is 24.5. The standard InChI is InChI=1S/C15H18FN3O2/c1-4-21-14-8-13(17-9-18-14)19-10(2)15-11(16)6-5-7-12(15)20-3/h5-10H,4H2,1-3H3,(H,17,18,19). The average Bonchev–Trinajstić information content (AvgIpc) is 2.47. The zero-order chi connectivity index (χ0) is 15.2. The minimum absolute atomic E-state index is 0.314. The maximum absolute atomic E-state index is 14.0. The lowest BCUT2D eigenvalue weighted by molar-refractivity contribution is 0.326. The molecule has 0 amide bonds. The molecule has 112 valence electrons. The first-order valence-electron chi connectivity index (χ1n) is 6.69. The molecule has 0 radical (unpaired) electrons. The van der Waals surface area contributed by atoms with E-state index in [2.05, 4.69) is 15.3 Å². The molecule has 0 bridgehead atoms. The quantitative estimate of drug-likeness (QED) is 0.885. The molecule has 1 aromatic heterocycles. The van der Waals surface area contributed by atoms with Crippen molar-refractivity contribution in [3.8, 4) is 11.6 Å². The largest absolute Gasteiger partial charge is 0.496 e. The summed E-state index contributed by atoms with van der Waals surface area (Å²) in [5.74, 6) is 1.21. The van der Waals surface area contributed by atoms with Crippen molar-refractivity contribution >= 4 is 5.82 Å². The van der Waals surface area contributed by atoms with Crippen LogP contribution in [0.1, 0.15) is 25.5 Å². The van der Waals surface area contributed by atoms with Crippen LogP contribution in [-0.2, 0) is 0 Å². The van der Waals surface area contributed by atoms with E-state index in [9.17, 15) is 4.39 Å². The Morgan fingerprint density at radius 1 is 1.33 bits per heavy atom. The van der Waals surface area contributed by atoms with E-state index in [4.69, 9.17) is 9.47 Å². The Bertz CT molecular complexity index is 607. The Hall–Kier alpha value is -2.37. The number of rotatable bonds is 6. The highest BCUT2D eigenvalue weighted by atomic mass is 19.1. The fourth-order valence-corrected chi connectivity index (χ4v) is 2.05. The number of ether oxygens (including phenoxy) is 2. The molecule has 21 heavy (non-hydrogen) atoms. The summed E-state index contributed by atoms with van der Waals surface area (Å²) >= 11 is 0. The minimum atomic E-state index is -0.326. The van der Waals surface area contributed by atoms with Gasteiger partial charge in [0.25, 0.3) is 0 Å². The first kappa shape index (κ1) is 15.0. The van der Waals surface area contributed by atoms with Gasteiger partial charge in [-0.2, -0.15) is 0 Å². The molecule has 1 atom stereocenters. The van der Waals surface area contributed by atoms with Crippen LogP contribution in [0.25, 0.3) is 0 Å². The minimum Gasteiger partial charge on any atom is -0.496 e. The molecule has 6 heteroatoms. The monoisotopic (exact) mass is 291 g/mol. The number of halogens is 1. The zero-order valence-corrected chi connectivity index (χ0v) is 12.3. The third-order valence-corrected chi connectivity index (χ3v) is 2.96. The average molecular weight is 291 g/mol. The van der Waals surface area contributed by atoms with Crippen LogP contribution in [0.4, 0.5) is 10.2 Å². The predicted octanol–water partition coefficient (Wildman–Crippen LogP) is 3.20. The highest BCUT2D eigenvalue weighted by molar-refractivity contribution is 5.44. The van der Waals surface area contributed by atoms with E-state index >= 15 is 0 Å². The molecule has 1 aromatic carbocycles. The number of methoxy groups -OCH3 is 1. The van der Waals surface area contributed by atoms with E-state index in [1.54, 1.807) is 18.2 Å². The highest BCUT2D eigenvalue weighted by Gasteiger charge is 2.17. The molecule has 2 rings (SSSR count). The Morgan fingerprint density at radius 2 is 2.14 bits per heavy atom. The highest BCUT2D eigenvalue weighted by Crippen LogP contribution is 2.29. The van der Waals surface area contributed by atoms with Crippen molar-refractivity contribution in [2.24, 2.45) is 0 Å². The van der Waals surface area contributed by atoms with Gasteiger partial charge >= 0.3 is 0 Å². The van der Waals surface area contributed by atoms with Crippen LogP contribution in [0.3, 0.4) is 0 Å². The van der Waals surface area contributed by atoms with Crippen molar-refractivity contribution in [2.75, 3.05) is 19.0 Å². The van der Waals surface area contributed by atoms with E-state index in [0.29, 0.717) is 29.6 Å². The molecular weight excluding hydrogens is 273 g/mol. The van der Waals surface area contributed by atoms with Crippen LogP contribution < -0.4 is 14.8 Å². The van der Waals surface area contributed by atoms with Gasteiger partial charge in [-0.15, -0.1) is 0 Å². The van der Waals surface area contributed by atoms with Gasteiger partial charge in [-0.05, 0) is 26.0 Å². The zero-order valence-electron chi connectivity index (χ0n) is 12.3. The molecule has 0 fully saturated rings. The van der Waals surface area contributed by atoms with E-state index in [-0.39, 0.29) is 11.9 Å². The topological polar surface area (TPSA) is 56.3 Å². The van der Waals surface area contributed by atoms with Crippen molar-refractivity contribution in [3.63, 3.8) is 0 Å². The molecule has 2 aromatic rings. The van der Waals surface area contributed by atoms with E-state index in [0.717, 1.165) is 0 Å². The first-order chi connectivity index (χ1) is 10.2. The number of hydrogen-bond donors (Lipinski definition) is 1. The van der Waals surface area contributed by atoms with Gasteiger partial charge < -0.3 is 14.8 Å². The fourth-order valence-electron chi connectivity index (χ4n) is 2.05. The number of benzene rings is 1.